The Balaban J connectivity index is 2.06. The van der Waals surface area contributed by atoms with Crippen molar-refractivity contribution in [1.82, 2.24) is 15.3 Å². The summed E-state index contributed by atoms with van der Waals surface area (Å²) in [7, 11) is 0. The molecule has 0 amide bonds. The molecule has 0 bridgehead atoms. The number of hydrogen-bond donors (Lipinski definition) is 2. The number of hydrazine groups is 1. The summed E-state index contributed by atoms with van der Waals surface area (Å²) >= 11 is 0. The van der Waals surface area contributed by atoms with Gasteiger partial charge in [-0.2, -0.15) is 0 Å². The van der Waals surface area contributed by atoms with Crippen LogP contribution in [0.1, 0.15) is 38.7 Å². The van der Waals surface area contributed by atoms with Gasteiger partial charge in [-0.15, -0.1) is 0 Å². The molecule has 0 saturated carbocycles. The molecule has 1 aromatic rings. The maximum atomic E-state index is 5.82. The van der Waals surface area contributed by atoms with E-state index in [1.165, 1.54) is 37.9 Å². The molecule has 1 unspecified atom stereocenters. The molecular weight excluding hydrogens is 236 g/mol. The lowest BCUT2D eigenvalue weighted by molar-refractivity contribution is 0.0611. The van der Waals surface area contributed by atoms with Gasteiger partial charge in [0.1, 0.15) is 0 Å². The van der Waals surface area contributed by atoms with Crippen LogP contribution in [0.3, 0.4) is 0 Å². The van der Waals surface area contributed by atoms with Crippen LogP contribution in [0.5, 0.6) is 0 Å². The zero-order valence-electron chi connectivity index (χ0n) is 12.1. The summed E-state index contributed by atoms with van der Waals surface area (Å²) in [6.45, 7) is 6.94. The summed E-state index contributed by atoms with van der Waals surface area (Å²) in [6, 6.07) is 4.33. The molecule has 3 N–H and O–H groups in total. The van der Waals surface area contributed by atoms with Crippen molar-refractivity contribution in [1.29, 1.82) is 0 Å². The molecule has 2 heterocycles. The second-order valence-electron chi connectivity index (χ2n) is 5.99. The van der Waals surface area contributed by atoms with Gasteiger partial charge in [0.05, 0.1) is 0 Å². The van der Waals surface area contributed by atoms with Crippen LogP contribution in [-0.4, -0.2) is 34.6 Å². The zero-order valence-corrected chi connectivity index (χ0v) is 12.1. The van der Waals surface area contributed by atoms with Crippen molar-refractivity contribution < 1.29 is 0 Å². The van der Waals surface area contributed by atoms with Crippen LogP contribution in [0.4, 0.5) is 0 Å². The van der Waals surface area contributed by atoms with E-state index in [9.17, 15) is 0 Å². The van der Waals surface area contributed by atoms with Crippen LogP contribution in [0.15, 0.2) is 24.5 Å². The molecular formula is C15H26N4. The van der Waals surface area contributed by atoms with E-state index in [1.54, 1.807) is 0 Å². The quantitative estimate of drug-likeness (QED) is 0.627. The highest BCUT2D eigenvalue weighted by molar-refractivity contribution is 5.12. The van der Waals surface area contributed by atoms with E-state index >= 15 is 0 Å². The number of piperidine rings is 1. The number of aromatic nitrogens is 1. The smallest absolute Gasteiger partial charge is 0.0430 e. The number of nitrogens with one attached hydrogen (secondary N) is 1. The van der Waals surface area contributed by atoms with E-state index in [0.29, 0.717) is 0 Å². The Hall–Kier alpha value is -0.970. The second kappa shape index (κ2) is 6.46. The van der Waals surface area contributed by atoms with Gasteiger partial charge in [-0.1, -0.05) is 12.5 Å². The maximum absolute atomic E-state index is 5.82. The van der Waals surface area contributed by atoms with Crippen LogP contribution in [0.2, 0.25) is 0 Å². The minimum absolute atomic E-state index is 0.0605. The fourth-order valence-electron chi connectivity index (χ4n) is 2.96. The monoisotopic (exact) mass is 262 g/mol. The SMILES string of the molecule is CC(C)(C(Cc1cccnc1)NN)N1CCCCC1. The molecule has 0 radical (unpaired) electrons. The van der Waals surface area contributed by atoms with Gasteiger partial charge in [0.2, 0.25) is 0 Å². The molecule has 2 rings (SSSR count). The first-order valence-electron chi connectivity index (χ1n) is 7.24. The Morgan fingerprint density at radius 2 is 2.11 bits per heavy atom. The highest BCUT2D eigenvalue weighted by Crippen LogP contribution is 2.25. The van der Waals surface area contributed by atoms with Gasteiger partial charge in [-0.3, -0.25) is 21.2 Å². The normalized spacial score (nSPS) is 19.3. The predicted molar refractivity (Wildman–Crippen MR) is 78.6 cm³/mol. The van der Waals surface area contributed by atoms with Gasteiger partial charge >= 0.3 is 0 Å². The van der Waals surface area contributed by atoms with Crippen molar-refractivity contribution in [2.45, 2.75) is 51.1 Å². The fraction of sp³-hybridized carbons (Fsp3) is 0.667. The van der Waals surface area contributed by atoms with E-state index < -0.39 is 0 Å². The highest BCUT2D eigenvalue weighted by Gasteiger charge is 2.35. The summed E-state index contributed by atoms with van der Waals surface area (Å²) in [5, 5.41) is 0. The van der Waals surface area contributed by atoms with Gasteiger partial charge in [-0.25, -0.2) is 0 Å². The predicted octanol–water partition coefficient (Wildman–Crippen LogP) is 1.72. The fourth-order valence-corrected chi connectivity index (χ4v) is 2.96. The zero-order chi connectivity index (χ0) is 13.7. The Bertz CT molecular complexity index is 371. The molecule has 1 aliphatic heterocycles. The molecule has 0 aromatic carbocycles. The largest absolute Gasteiger partial charge is 0.297 e. The molecule has 0 aliphatic carbocycles. The average Bonchev–Trinajstić information content (AvgIpc) is 2.46. The van der Waals surface area contributed by atoms with E-state index in [0.717, 1.165) is 6.42 Å². The van der Waals surface area contributed by atoms with Crippen molar-refractivity contribution >= 4 is 0 Å². The lowest BCUT2D eigenvalue weighted by Gasteiger charge is -2.45. The Kier molecular flexibility index (Phi) is 4.91. The topological polar surface area (TPSA) is 54.2 Å². The lowest BCUT2D eigenvalue weighted by Crippen LogP contribution is -2.61. The van der Waals surface area contributed by atoms with E-state index in [4.69, 9.17) is 5.84 Å². The first-order chi connectivity index (χ1) is 9.14. The third-order valence-electron chi connectivity index (χ3n) is 4.39. The van der Waals surface area contributed by atoms with E-state index in [1.807, 2.05) is 18.5 Å². The Labute approximate surface area is 116 Å². The van der Waals surface area contributed by atoms with E-state index in [2.05, 4.69) is 35.2 Å². The first kappa shape index (κ1) is 14.4. The molecule has 106 valence electrons. The van der Waals surface area contributed by atoms with Gasteiger partial charge in [-0.05, 0) is 57.8 Å². The third kappa shape index (κ3) is 3.53. The minimum atomic E-state index is 0.0605. The van der Waals surface area contributed by atoms with Crippen LogP contribution in [0, 0.1) is 0 Å². The lowest BCUT2D eigenvalue weighted by atomic mass is 9.87. The summed E-state index contributed by atoms with van der Waals surface area (Å²) < 4.78 is 0. The molecule has 1 saturated heterocycles. The van der Waals surface area contributed by atoms with Crippen LogP contribution >= 0.6 is 0 Å². The number of pyridine rings is 1. The summed E-state index contributed by atoms with van der Waals surface area (Å²) in [5.74, 6) is 5.82. The number of nitrogens with two attached hydrogens (primary N) is 1. The van der Waals surface area contributed by atoms with Gasteiger partial charge in [0.15, 0.2) is 0 Å². The average molecular weight is 262 g/mol. The molecule has 19 heavy (non-hydrogen) atoms. The van der Waals surface area contributed by atoms with Crippen LogP contribution < -0.4 is 11.3 Å². The standard InChI is InChI=1S/C15H26N4/c1-15(2,19-9-4-3-5-10-19)14(18-16)11-13-7-6-8-17-12-13/h6-8,12,14,18H,3-5,9-11,16H2,1-2H3. The van der Waals surface area contributed by atoms with Gasteiger partial charge in [0, 0.05) is 24.0 Å². The molecule has 1 aromatic heterocycles. The molecule has 4 heteroatoms. The van der Waals surface area contributed by atoms with Gasteiger partial charge < -0.3 is 0 Å². The van der Waals surface area contributed by atoms with Crippen molar-refractivity contribution in [3.05, 3.63) is 30.1 Å². The van der Waals surface area contributed by atoms with Crippen molar-refractivity contribution in [2.75, 3.05) is 13.1 Å². The number of hydrogen-bond acceptors (Lipinski definition) is 4. The summed E-state index contributed by atoms with van der Waals surface area (Å²) in [6.07, 6.45) is 8.60. The van der Waals surface area contributed by atoms with Crippen molar-refractivity contribution in [2.24, 2.45) is 5.84 Å². The van der Waals surface area contributed by atoms with Crippen molar-refractivity contribution in [3.63, 3.8) is 0 Å². The molecule has 1 aliphatic rings. The number of nitrogens with zero attached hydrogens (tertiary/aromatic N) is 2. The van der Waals surface area contributed by atoms with E-state index in [-0.39, 0.29) is 11.6 Å². The summed E-state index contributed by atoms with van der Waals surface area (Å²) in [4.78, 5) is 6.75. The Morgan fingerprint density at radius 1 is 1.37 bits per heavy atom. The Morgan fingerprint density at radius 3 is 2.68 bits per heavy atom. The number of rotatable bonds is 5. The molecule has 0 spiro atoms. The third-order valence-corrected chi connectivity index (χ3v) is 4.39. The molecule has 1 fully saturated rings. The van der Waals surface area contributed by atoms with Crippen LogP contribution in [0.25, 0.3) is 0 Å². The molecule has 1 atom stereocenters. The van der Waals surface area contributed by atoms with Crippen LogP contribution in [-0.2, 0) is 6.42 Å². The first-order valence-corrected chi connectivity index (χ1v) is 7.24. The maximum Gasteiger partial charge on any atom is 0.0430 e. The summed E-state index contributed by atoms with van der Waals surface area (Å²) in [5.41, 5.74) is 4.31. The molecule has 4 nitrogen and oxygen atoms in total. The number of likely N-dealkylation sites (tertiary alicyclic amines) is 1. The minimum Gasteiger partial charge on any atom is -0.297 e. The van der Waals surface area contributed by atoms with Crippen molar-refractivity contribution in [3.8, 4) is 0 Å². The highest BCUT2D eigenvalue weighted by atomic mass is 15.3. The second-order valence-corrected chi connectivity index (χ2v) is 5.99. The van der Waals surface area contributed by atoms with Gasteiger partial charge in [0.25, 0.3) is 0 Å².